The molecule has 0 aliphatic carbocycles. The highest BCUT2D eigenvalue weighted by atomic mass is 32.2. The Morgan fingerprint density at radius 1 is 1.48 bits per heavy atom. The van der Waals surface area contributed by atoms with E-state index in [0.717, 1.165) is 17.8 Å². The van der Waals surface area contributed by atoms with Gasteiger partial charge in [0.15, 0.2) is 0 Å². The molecule has 0 fully saturated rings. The smallest absolute Gasteiger partial charge is 0.335 e. The van der Waals surface area contributed by atoms with Crippen LogP contribution in [0.5, 0.6) is 0 Å². The Morgan fingerprint density at radius 2 is 2.19 bits per heavy atom. The first kappa shape index (κ1) is 17.5. The number of carboxylic acids is 1. The summed E-state index contributed by atoms with van der Waals surface area (Å²) in [6.07, 6.45) is 0.697. The van der Waals surface area contributed by atoms with Gasteiger partial charge in [-0.25, -0.2) is 9.18 Å². The second-order valence-corrected chi connectivity index (χ2v) is 5.73. The Kier molecular flexibility index (Phi) is 7.18. The first-order valence-corrected chi connectivity index (χ1v) is 7.29. The summed E-state index contributed by atoms with van der Waals surface area (Å²) in [6.45, 7) is 2.68. The van der Waals surface area contributed by atoms with Gasteiger partial charge in [0, 0.05) is 25.2 Å². The Bertz CT molecular complexity index is 510. The van der Waals surface area contributed by atoms with Crippen molar-refractivity contribution in [1.82, 2.24) is 5.32 Å². The van der Waals surface area contributed by atoms with Crippen molar-refractivity contribution in [3.05, 3.63) is 29.6 Å². The van der Waals surface area contributed by atoms with Gasteiger partial charge in [0.2, 0.25) is 5.91 Å². The molecule has 0 spiro atoms. The van der Waals surface area contributed by atoms with Crippen molar-refractivity contribution in [2.45, 2.75) is 23.5 Å². The van der Waals surface area contributed by atoms with Crippen LogP contribution in [0.25, 0.3) is 0 Å². The Balaban J connectivity index is 2.61. The fraction of sp³-hybridized carbons (Fsp3) is 0.429. The fourth-order valence-electron chi connectivity index (χ4n) is 1.54. The van der Waals surface area contributed by atoms with Crippen molar-refractivity contribution in [2.24, 2.45) is 0 Å². The van der Waals surface area contributed by atoms with Crippen LogP contribution in [-0.4, -0.2) is 42.5 Å². The molecule has 0 saturated heterocycles. The average molecular weight is 315 g/mol. The van der Waals surface area contributed by atoms with Gasteiger partial charge in [-0.15, -0.1) is 11.8 Å². The van der Waals surface area contributed by atoms with Crippen LogP contribution in [0, 0.1) is 5.82 Å². The molecule has 0 aliphatic rings. The van der Waals surface area contributed by atoms with Crippen LogP contribution in [0.3, 0.4) is 0 Å². The maximum atomic E-state index is 13.6. The van der Waals surface area contributed by atoms with Crippen LogP contribution >= 0.6 is 11.8 Å². The van der Waals surface area contributed by atoms with E-state index in [0.29, 0.717) is 19.6 Å². The number of carboxylic acid groups (broad SMARTS) is 1. The van der Waals surface area contributed by atoms with E-state index in [-0.39, 0.29) is 16.4 Å². The number of hydrogen-bond acceptors (Lipinski definition) is 4. The van der Waals surface area contributed by atoms with E-state index in [1.807, 2.05) is 0 Å². The summed E-state index contributed by atoms with van der Waals surface area (Å²) >= 11 is 0.992. The summed E-state index contributed by atoms with van der Waals surface area (Å²) in [5.74, 6) is -1.89. The maximum Gasteiger partial charge on any atom is 0.335 e. The van der Waals surface area contributed by atoms with Crippen molar-refractivity contribution >= 4 is 23.6 Å². The summed E-state index contributed by atoms with van der Waals surface area (Å²) in [5.41, 5.74) is -0.00778. The highest BCUT2D eigenvalue weighted by molar-refractivity contribution is 8.00. The van der Waals surface area contributed by atoms with E-state index in [1.165, 1.54) is 12.1 Å². The molecule has 21 heavy (non-hydrogen) atoms. The summed E-state index contributed by atoms with van der Waals surface area (Å²) in [5, 5.41) is 11.1. The maximum absolute atomic E-state index is 13.6. The van der Waals surface area contributed by atoms with Gasteiger partial charge in [-0.3, -0.25) is 4.79 Å². The van der Waals surface area contributed by atoms with E-state index in [1.54, 1.807) is 14.0 Å². The molecule has 1 aromatic rings. The second kappa shape index (κ2) is 8.63. The summed E-state index contributed by atoms with van der Waals surface area (Å²) in [7, 11) is 1.58. The number of ether oxygens (including phenoxy) is 1. The third-order valence-electron chi connectivity index (χ3n) is 2.68. The average Bonchev–Trinajstić information content (AvgIpc) is 2.45. The number of benzene rings is 1. The standard InChI is InChI=1S/C14H18FNO4S/c1-9(13(17)16-6-3-7-20-2)21-12-8-10(14(18)19)4-5-11(12)15/h4-5,8-9H,3,6-7H2,1-2H3,(H,16,17)(H,18,19). The van der Waals surface area contributed by atoms with Crippen molar-refractivity contribution in [2.75, 3.05) is 20.3 Å². The minimum Gasteiger partial charge on any atom is -0.478 e. The molecule has 1 atom stereocenters. The van der Waals surface area contributed by atoms with E-state index in [9.17, 15) is 14.0 Å². The lowest BCUT2D eigenvalue weighted by Crippen LogP contribution is -2.32. The molecule has 0 radical (unpaired) electrons. The number of halogens is 1. The van der Waals surface area contributed by atoms with E-state index >= 15 is 0 Å². The number of carbonyl (C=O) groups is 2. The summed E-state index contributed by atoms with van der Waals surface area (Å²) < 4.78 is 18.5. The minimum atomic E-state index is -1.13. The number of thioether (sulfide) groups is 1. The third kappa shape index (κ3) is 5.73. The molecule has 1 amide bonds. The number of amides is 1. The number of hydrogen-bond donors (Lipinski definition) is 2. The van der Waals surface area contributed by atoms with Gasteiger partial charge in [-0.2, -0.15) is 0 Å². The van der Waals surface area contributed by atoms with E-state index < -0.39 is 17.0 Å². The molecular formula is C14H18FNO4S. The first-order chi connectivity index (χ1) is 9.95. The van der Waals surface area contributed by atoms with Crippen molar-refractivity contribution in [3.63, 3.8) is 0 Å². The van der Waals surface area contributed by atoms with Gasteiger partial charge < -0.3 is 15.2 Å². The second-order valence-electron chi connectivity index (χ2n) is 4.35. The van der Waals surface area contributed by atoms with Crippen LogP contribution in [0.2, 0.25) is 0 Å². The van der Waals surface area contributed by atoms with Gasteiger partial charge >= 0.3 is 5.97 Å². The highest BCUT2D eigenvalue weighted by Crippen LogP contribution is 2.27. The molecule has 2 N–H and O–H groups in total. The molecule has 0 bridgehead atoms. The summed E-state index contributed by atoms with van der Waals surface area (Å²) in [4.78, 5) is 22.8. The Morgan fingerprint density at radius 3 is 2.81 bits per heavy atom. The normalized spacial score (nSPS) is 12.0. The molecule has 0 heterocycles. The molecule has 5 nitrogen and oxygen atoms in total. The minimum absolute atomic E-state index is 0.00778. The number of nitrogens with one attached hydrogen (secondary N) is 1. The monoisotopic (exact) mass is 315 g/mol. The zero-order chi connectivity index (χ0) is 15.8. The topological polar surface area (TPSA) is 75.6 Å². The molecule has 0 aromatic heterocycles. The largest absolute Gasteiger partial charge is 0.478 e. The highest BCUT2D eigenvalue weighted by Gasteiger charge is 2.17. The molecule has 1 aromatic carbocycles. The number of rotatable bonds is 8. The van der Waals surface area contributed by atoms with Crippen LogP contribution < -0.4 is 5.32 Å². The van der Waals surface area contributed by atoms with Crippen LogP contribution in [0.4, 0.5) is 4.39 Å². The predicted molar refractivity (Wildman–Crippen MR) is 78.2 cm³/mol. The van der Waals surface area contributed by atoms with Gasteiger partial charge in [0.05, 0.1) is 10.8 Å². The lowest BCUT2D eigenvalue weighted by atomic mass is 10.2. The first-order valence-electron chi connectivity index (χ1n) is 6.42. The van der Waals surface area contributed by atoms with Crippen molar-refractivity contribution in [3.8, 4) is 0 Å². The van der Waals surface area contributed by atoms with Crippen molar-refractivity contribution in [1.29, 1.82) is 0 Å². The number of carbonyl (C=O) groups excluding carboxylic acids is 1. The van der Waals surface area contributed by atoms with Gasteiger partial charge in [-0.1, -0.05) is 0 Å². The van der Waals surface area contributed by atoms with Crippen LogP contribution in [0.15, 0.2) is 23.1 Å². The quantitative estimate of drug-likeness (QED) is 0.568. The Hall–Kier alpha value is -1.60. The van der Waals surface area contributed by atoms with Crippen LogP contribution in [0.1, 0.15) is 23.7 Å². The lowest BCUT2D eigenvalue weighted by Gasteiger charge is -2.12. The number of methoxy groups -OCH3 is 1. The fourth-order valence-corrected chi connectivity index (χ4v) is 2.49. The predicted octanol–water partition coefficient (Wildman–Crippen LogP) is 2.16. The van der Waals surface area contributed by atoms with E-state index in [2.05, 4.69) is 5.32 Å². The molecule has 1 unspecified atom stereocenters. The molecule has 0 saturated carbocycles. The number of aromatic carboxylic acids is 1. The van der Waals surface area contributed by atoms with E-state index in [4.69, 9.17) is 9.84 Å². The van der Waals surface area contributed by atoms with Gasteiger partial charge in [-0.05, 0) is 31.5 Å². The molecule has 0 aliphatic heterocycles. The zero-order valence-corrected chi connectivity index (χ0v) is 12.7. The Labute approximate surface area is 126 Å². The zero-order valence-electron chi connectivity index (χ0n) is 11.9. The van der Waals surface area contributed by atoms with Gasteiger partial charge in [0.25, 0.3) is 0 Å². The third-order valence-corrected chi connectivity index (χ3v) is 3.81. The lowest BCUT2D eigenvalue weighted by molar-refractivity contribution is -0.120. The van der Waals surface area contributed by atoms with Gasteiger partial charge in [0.1, 0.15) is 5.82 Å². The molecule has 116 valence electrons. The molecule has 7 heteroatoms. The van der Waals surface area contributed by atoms with Crippen molar-refractivity contribution < 1.29 is 23.8 Å². The van der Waals surface area contributed by atoms with Crippen LogP contribution in [-0.2, 0) is 9.53 Å². The molecule has 1 rings (SSSR count). The molecular weight excluding hydrogens is 297 g/mol. The SMILES string of the molecule is COCCCNC(=O)C(C)Sc1cc(C(=O)O)ccc1F. The summed E-state index contributed by atoms with van der Waals surface area (Å²) in [6, 6.07) is 3.52.